The van der Waals surface area contributed by atoms with E-state index >= 15 is 0 Å². The van der Waals surface area contributed by atoms with Gasteiger partial charge in [-0.25, -0.2) is 5.84 Å². The van der Waals surface area contributed by atoms with E-state index in [1.54, 1.807) is 5.01 Å². The number of rotatable bonds is 3. The van der Waals surface area contributed by atoms with E-state index in [-0.39, 0.29) is 11.9 Å². The number of nitrogens with zero attached hydrogens (tertiary/aromatic N) is 1. The molecule has 2 aliphatic rings. The number of carbonyl (C=O) groups excluding carboxylic acids is 1. The molecule has 3 rings (SSSR count). The van der Waals surface area contributed by atoms with Gasteiger partial charge in [-0.1, -0.05) is 68.9 Å². The zero-order valence-corrected chi connectivity index (χ0v) is 13.5. The van der Waals surface area contributed by atoms with Crippen LogP contribution in [0.25, 0.3) is 0 Å². The summed E-state index contributed by atoms with van der Waals surface area (Å²) < 4.78 is 0. The van der Waals surface area contributed by atoms with Crippen LogP contribution in [0.2, 0.25) is 0 Å². The van der Waals surface area contributed by atoms with Crippen LogP contribution in [-0.2, 0) is 10.2 Å². The van der Waals surface area contributed by atoms with Gasteiger partial charge < -0.3 is 0 Å². The van der Waals surface area contributed by atoms with Gasteiger partial charge in [-0.15, -0.1) is 0 Å². The molecule has 2 aliphatic carbocycles. The maximum Gasteiger partial charge on any atom is 0.247 e. The molecule has 22 heavy (non-hydrogen) atoms. The Hall–Kier alpha value is -1.35. The van der Waals surface area contributed by atoms with Crippen LogP contribution in [0, 0.1) is 0 Å². The lowest BCUT2D eigenvalue weighted by Gasteiger charge is -2.37. The third-order valence-electron chi connectivity index (χ3n) is 5.65. The summed E-state index contributed by atoms with van der Waals surface area (Å²) in [6.45, 7) is 0. The predicted molar refractivity (Wildman–Crippen MR) is 89.1 cm³/mol. The molecular weight excluding hydrogens is 272 g/mol. The van der Waals surface area contributed by atoms with Gasteiger partial charge in [0.05, 0.1) is 5.41 Å². The van der Waals surface area contributed by atoms with Gasteiger partial charge in [0.25, 0.3) is 0 Å². The first-order valence-electron chi connectivity index (χ1n) is 8.88. The molecule has 3 nitrogen and oxygen atoms in total. The molecule has 2 N–H and O–H groups in total. The Morgan fingerprint density at radius 2 is 1.55 bits per heavy atom. The number of hydrazine groups is 1. The first kappa shape index (κ1) is 15.5. The molecule has 1 aromatic carbocycles. The second kappa shape index (κ2) is 6.82. The molecule has 0 atom stereocenters. The average Bonchev–Trinajstić information content (AvgIpc) is 2.99. The van der Waals surface area contributed by atoms with E-state index in [4.69, 9.17) is 5.84 Å². The van der Waals surface area contributed by atoms with E-state index < -0.39 is 5.41 Å². The molecule has 2 fully saturated rings. The van der Waals surface area contributed by atoms with Crippen molar-refractivity contribution in [1.29, 1.82) is 0 Å². The number of carbonyl (C=O) groups is 1. The van der Waals surface area contributed by atoms with Crippen LogP contribution in [0.1, 0.15) is 69.8 Å². The van der Waals surface area contributed by atoms with Crippen molar-refractivity contribution >= 4 is 5.91 Å². The summed E-state index contributed by atoms with van der Waals surface area (Å²) in [7, 11) is 0. The highest BCUT2D eigenvalue weighted by molar-refractivity contribution is 5.88. The Balaban J connectivity index is 1.92. The zero-order chi connectivity index (χ0) is 15.4. The SMILES string of the molecule is NN(C(=O)C1(c2ccccc2)CCCCCC1)C1CCCC1. The molecule has 0 aliphatic heterocycles. The second-order valence-corrected chi connectivity index (χ2v) is 7.01. The summed E-state index contributed by atoms with van der Waals surface area (Å²) >= 11 is 0. The molecule has 120 valence electrons. The second-order valence-electron chi connectivity index (χ2n) is 7.01. The smallest absolute Gasteiger partial charge is 0.247 e. The predicted octanol–water partition coefficient (Wildman–Crippen LogP) is 3.92. The van der Waals surface area contributed by atoms with Gasteiger partial charge in [0.2, 0.25) is 5.91 Å². The van der Waals surface area contributed by atoms with Gasteiger partial charge >= 0.3 is 0 Å². The van der Waals surface area contributed by atoms with Crippen molar-refractivity contribution in [2.75, 3.05) is 0 Å². The molecule has 0 spiro atoms. The highest BCUT2D eigenvalue weighted by atomic mass is 16.2. The van der Waals surface area contributed by atoms with Crippen LogP contribution in [-0.4, -0.2) is 17.0 Å². The number of hydrogen-bond donors (Lipinski definition) is 1. The molecule has 3 heteroatoms. The number of benzene rings is 1. The third-order valence-corrected chi connectivity index (χ3v) is 5.65. The van der Waals surface area contributed by atoms with Gasteiger partial charge in [0.15, 0.2) is 0 Å². The summed E-state index contributed by atoms with van der Waals surface area (Å²) in [4.78, 5) is 13.4. The number of hydrogen-bond acceptors (Lipinski definition) is 2. The monoisotopic (exact) mass is 300 g/mol. The van der Waals surface area contributed by atoms with Crippen LogP contribution in [0.15, 0.2) is 30.3 Å². The Kier molecular flexibility index (Phi) is 4.82. The van der Waals surface area contributed by atoms with Crippen LogP contribution in [0.3, 0.4) is 0 Å². The lowest BCUT2D eigenvalue weighted by Crippen LogP contribution is -2.53. The van der Waals surface area contributed by atoms with E-state index in [2.05, 4.69) is 12.1 Å². The fourth-order valence-corrected chi connectivity index (χ4v) is 4.31. The minimum absolute atomic E-state index is 0.160. The van der Waals surface area contributed by atoms with Crippen molar-refractivity contribution in [3.63, 3.8) is 0 Å². The fraction of sp³-hybridized carbons (Fsp3) is 0.632. The molecule has 0 saturated heterocycles. The summed E-state index contributed by atoms with van der Waals surface area (Å²) in [5.41, 5.74) is 0.769. The Morgan fingerprint density at radius 3 is 2.14 bits per heavy atom. The first-order chi connectivity index (χ1) is 10.7. The minimum atomic E-state index is -0.394. The molecule has 0 bridgehead atoms. The van der Waals surface area contributed by atoms with E-state index in [0.29, 0.717) is 0 Å². The fourth-order valence-electron chi connectivity index (χ4n) is 4.31. The lowest BCUT2D eigenvalue weighted by molar-refractivity contribution is -0.141. The van der Waals surface area contributed by atoms with Crippen molar-refractivity contribution in [1.82, 2.24) is 5.01 Å². The standard InChI is InChI=1S/C19H28N2O/c20-21(17-12-6-7-13-17)18(22)19(14-8-1-2-9-15-19)16-10-4-3-5-11-16/h3-5,10-11,17H,1-2,6-9,12-15,20H2. The molecular formula is C19H28N2O. The van der Waals surface area contributed by atoms with Gasteiger partial charge in [0, 0.05) is 6.04 Å². The van der Waals surface area contributed by atoms with Crippen molar-refractivity contribution < 1.29 is 4.79 Å². The largest absolute Gasteiger partial charge is 0.277 e. The molecule has 1 amide bonds. The van der Waals surface area contributed by atoms with Crippen molar-refractivity contribution in [2.24, 2.45) is 5.84 Å². The van der Waals surface area contributed by atoms with Crippen molar-refractivity contribution in [2.45, 2.75) is 75.7 Å². The maximum absolute atomic E-state index is 13.4. The van der Waals surface area contributed by atoms with Crippen LogP contribution < -0.4 is 5.84 Å². The molecule has 1 aromatic rings. The maximum atomic E-state index is 13.4. The summed E-state index contributed by atoms with van der Waals surface area (Å²) in [5, 5.41) is 1.60. The van der Waals surface area contributed by atoms with Crippen molar-refractivity contribution in [3.05, 3.63) is 35.9 Å². The molecule has 0 radical (unpaired) electrons. The Labute approximate surface area is 133 Å². The summed E-state index contributed by atoms with van der Waals surface area (Å²) in [6, 6.07) is 10.6. The minimum Gasteiger partial charge on any atom is -0.277 e. The zero-order valence-electron chi connectivity index (χ0n) is 13.5. The Morgan fingerprint density at radius 1 is 0.955 bits per heavy atom. The Bertz CT molecular complexity index is 485. The normalized spacial score (nSPS) is 22.2. The topological polar surface area (TPSA) is 46.3 Å². The first-order valence-corrected chi connectivity index (χ1v) is 8.88. The van der Waals surface area contributed by atoms with E-state index in [1.165, 1.54) is 25.7 Å². The third kappa shape index (κ3) is 2.91. The highest BCUT2D eigenvalue weighted by Crippen LogP contribution is 2.40. The van der Waals surface area contributed by atoms with E-state index in [9.17, 15) is 4.79 Å². The van der Waals surface area contributed by atoms with Crippen LogP contribution >= 0.6 is 0 Å². The number of nitrogens with two attached hydrogens (primary N) is 1. The number of amides is 1. The highest BCUT2D eigenvalue weighted by Gasteiger charge is 2.43. The van der Waals surface area contributed by atoms with Crippen LogP contribution in [0.5, 0.6) is 0 Å². The summed E-state index contributed by atoms with van der Waals surface area (Å²) in [6.07, 6.45) is 11.1. The van der Waals surface area contributed by atoms with Gasteiger partial charge in [0.1, 0.15) is 0 Å². The van der Waals surface area contributed by atoms with Gasteiger partial charge in [-0.2, -0.15) is 0 Å². The quantitative estimate of drug-likeness (QED) is 0.398. The average molecular weight is 300 g/mol. The summed E-state index contributed by atoms with van der Waals surface area (Å²) in [5.74, 6) is 6.47. The van der Waals surface area contributed by atoms with Crippen molar-refractivity contribution in [3.8, 4) is 0 Å². The van der Waals surface area contributed by atoms with Gasteiger partial charge in [-0.05, 0) is 31.2 Å². The molecule has 2 saturated carbocycles. The van der Waals surface area contributed by atoms with E-state index in [0.717, 1.165) is 44.1 Å². The molecule has 0 unspecified atom stereocenters. The van der Waals surface area contributed by atoms with Gasteiger partial charge in [-0.3, -0.25) is 9.80 Å². The van der Waals surface area contributed by atoms with E-state index in [1.807, 2.05) is 18.2 Å². The molecule has 0 heterocycles. The lowest BCUT2D eigenvalue weighted by atomic mass is 9.73. The van der Waals surface area contributed by atoms with Crippen LogP contribution in [0.4, 0.5) is 0 Å². The molecule has 0 aromatic heterocycles.